The van der Waals surface area contributed by atoms with Crippen molar-refractivity contribution < 1.29 is 14.1 Å². The van der Waals surface area contributed by atoms with Gasteiger partial charge in [-0.05, 0) is 37.7 Å². The van der Waals surface area contributed by atoms with Crippen molar-refractivity contribution in [1.29, 1.82) is 0 Å². The summed E-state index contributed by atoms with van der Waals surface area (Å²) in [6.45, 7) is 0.695. The first kappa shape index (κ1) is 15.9. The minimum atomic E-state index is -0.203. The van der Waals surface area contributed by atoms with E-state index in [1.54, 1.807) is 24.0 Å². The Balaban J connectivity index is 1.42. The van der Waals surface area contributed by atoms with E-state index in [9.17, 15) is 9.59 Å². The standard InChI is InChI=1S/C17H21N5O3/c1-22-7-6-13(20-22)16(23)19-11-4-5-14-12(8-11)15(21-25-14)17(24)18-9-10-2-3-10/h6-7,10-11H,2-5,8-9H2,1H3,(H,18,24)(H,19,23). The summed E-state index contributed by atoms with van der Waals surface area (Å²) in [6.07, 6.45) is 6.05. The normalized spacial score (nSPS) is 19.3. The zero-order chi connectivity index (χ0) is 17.4. The molecule has 1 saturated carbocycles. The number of aromatic nitrogens is 3. The number of aryl methyl sites for hydroxylation is 2. The molecule has 4 rings (SSSR count). The quantitative estimate of drug-likeness (QED) is 0.837. The number of nitrogens with one attached hydrogen (secondary N) is 2. The number of hydrogen-bond acceptors (Lipinski definition) is 5. The Kier molecular flexibility index (Phi) is 4.03. The van der Waals surface area contributed by atoms with E-state index in [0.29, 0.717) is 36.7 Å². The van der Waals surface area contributed by atoms with Gasteiger partial charge in [-0.1, -0.05) is 5.16 Å². The molecule has 25 heavy (non-hydrogen) atoms. The highest BCUT2D eigenvalue weighted by Gasteiger charge is 2.30. The average molecular weight is 343 g/mol. The molecule has 2 heterocycles. The van der Waals surface area contributed by atoms with Crippen molar-refractivity contribution in [2.24, 2.45) is 13.0 Å². The largest absolute Gasteiger partial charge is 0.360 e. The summed E-state index contributed by atoms with van der Waals surface area (Å²) in [4.78, 5) is 24.6. The zero-order valence-electron chi connectivity index (χ0n) is 14.1. The van der Waals surface area contributed by atoms with Crippen molar-refractivity contribution in [2.75, 3.05) is 6.54 Å². The van der Waals surface area contributed by atoms with E-state index < -0.39 is 0 Å². The van der Waals surface area contributed by atoms with Crippen LogP contribution in [0.15, 0.2) is 16.8 Å². The lowest BCUT2D eigenvalue weighted by Gasteiger charge is -2.22. The molecular formula is C17H21N5O3. The molecule has 2 aromatic rings. The van der Waals surface area contributed by atoms with Crippen molar-refractivity contribution in [3.05, 3.63) is 35.0 Å². The van der Waals surface area contributed by atoms with E-state index in [1.165, 1.54) is 12.8 Å². The van der Waals surface area contributed by atoms with E-state index in [2.05, 4.69) is 20.9 Å². The van der Waals surface area contributed by atoms with Crippen molar-refractivity contribution in [3.8, 4) is 0 Å². The molecule has 2 N–H and O–H groups in total. The fourth-order valence-electron chi connectivity index (χ4n) is 3.14. The summed E-state index contributed by atoms with van der Waals surface area (Å²) in [7, 11) is 1.77. The second kappa shape index (κ2) is 6.34. The molecule has 1 atom stereocenters. The van der Waals surface area contributed by atoms with E-state index in [0.717, 1.165) is 17.7 Å². The maximum absolute atomic E-state index is 12.3. The highest BCUT2D eigenvalue weighted by Crippen LogP contribution is 2.28. The van der Waals surface area contributed by atoms with Crippen LogP contribution in [0.3, 0.4) is 0 Å². The fraction of sp³-hybridized carbons (Fsp3) is 0.529. The van der Waals surface area contributed by atoms with Crippen LogP contribution in [-0.2, 0) is 19.9 Å². The van der Waals surface area contributed by atoms with Gasteiger partial charge in [-0.3, -0.25) is 14.3 Å². The Bertz CT molecular complexity index is 805. The second-order valence-corrected chi connectivity index (χ2v) is 6.87. The number of hydrogen-bond donors (Lipinski definition) is 2. The topological polar surface area (TPSA) is 102 Å². The summed E-state index contributed by atoms with van der Waals surface area (Å²) in [5.74, 6) is 0.968. The molecule has 2 amide bonds. The van der Waals surface area contributed by atoms with Gasteiger partial charge in [0.25, 0.3) is 11.8 Å². The average Bonchev–Trinajstić information content (AvgIpc) is 3.17. The van der Waals surface area contributed by atoms with E-state index in [4.69, 9.17) is 4.52 Å². The maximum atomic E-state index is 12.3. The van der Waals surface area contributed by atoms with Crippen molar-refractivity contribution in [1.82, 2.24) is 25.6 Å². The Labute approximate surface area is 144 Å². The van der Waals surface area contributed by atoms with Crippen LogP contribution >= 0.6 is 0 Å². The third-order valence-corrected chi connectivity index (χ3v) is 4.78. The monoisotopic (exact) mass is 343 g/mol. The molecule has 0 spiro atoms. The summed E-state index contributed by atoms with van der Waals surface area (Å²) in [5, 5.41) is 14.0. The highest BCUT2D eigenvalue weighted by atomic mass is 16.5. The summed E-state index contributed by atoms with van der Waals surface area (Å²) in [5.41, 5.74) is 1.55. The molecule has 0 saturated heterocycles. The van der Waals surface area contributed by atoms with Crippen molar-refractivity contribution in [3.63, 3.8) is 0 Å². The molecule has 2 aromatic heterocycles. The fourth-order valence-corrected chi connectivity index (χ4v) is 3.14. The number of rotatable bonds is 5. The van der Waals surface area contributed by atoms with E-state index in [1.807, 2.05) is 0 Å². The van der Waals surface area contributed by atoms with Crippen LogP contribution in [-0.4, -0.2) is 39.3 Å². The molecule has 1 fully saturated rings. The first-order valence-corrected chi connectivity index (χ1v) is 8.66. The van der Waals surface area contributed by atoms with Crippen LogP contribution in [0.4, 0.5) is 0 Å². The van der Waals surface area contributed by atoms with Crippen LogP contribution in [0, 0.1) is 5.92 Å². The molecule has 2 aliphatic carbocycles. The molecular weight excluding hydrogens is 322 g/mol. The summed E-state index contributed by atoms with van der Waals surface area (Å²) in [6, 6.07) is 1.62. The Morgan fingerprint density at radius 2 is 2.16 bits per heavy atom. The van der Waals surface area contributed by atoms with Crippen LogP contribution in [0.1, 0.15) is 51.6 Å². The van der Waals surface area contributed by atoms with Crippen LogP contribution in [0.25, 0.3) is 0 Å². The van der Waals surface area contributed by atoms with Gasteiger partial charge in [0.15, 0.2) is 5.69 Å². The van der Waals surface area contributed by atoms with E-state index in [-0.39, 0.29) is 17.9 Å². The summed E-state index contributed by atoms with van der Waals surface area (Å²) < 4.78 is 6.93. The molecule has 2 aliphatic rings. The first-order chi connectivity index (χ1) is 12.1. The van der Waals surface area contributed by atoms with Gasteiger partial charge in [0, 0.05) is 37.8 Å². The van der Waals surface area contributed by atoms with Crippen LogP contribution in [0.2, 0.25) is 0 Å². The molecule has 132 valence electrons. The number of fused-ring (bicyclic) bond motifs is 1. The minimum absolute atomic E-state index is 0.0589. The molecule has 8 nitrogen and oxygen atoms in total. The molecule has 1 unspecified atom stereocenters. The molecule has 8 heteroatoms. The third kappa shape index (κ3) is 3.42. The Morgan fingerprint density at radius 1 is 1.32 bits per heavy atom. The summed E-state index contributed by atoms with van der Waals surface area (Å²) >= 11 is 0. The predicted molar refractivity (Wildman–Crippen MR) is 88.0 cm³/mol. The van der Waals surface area contributed by atoms with Crippen LogP contribution in [0.5, 0.6) is 0 Å². The highest BCUT2D eigenvalue weighted by molar-refractivity contribution is 5.94. The lowest BCUT2D eigenvalue weighted by molar-refractivity contribution is 0.0926. The van der Waals surface area contributed by atoms with Gasteiger partial charge < -0.3 is 15.2 Å². The van der Waals surface area contributed by atoms with E-state index >= 15 is 0 Å². The zero-order valence-corrected chi connectivity index (χ0v) is 14.1. The molecule has 0 bridgehead atoms. The molecule has 0 radical (unpaired) electrons. The number of carbonyl (C=O) groups excluding carboxylic acids is 2. The second-order valence-electron chi connectivity index (χ2n) is 6.87. The Hall–Kier alpha value is -2.64. The van der Waals surface area contributed by atoms with Crippen LogP contribution < -0.4 is 10.6 Å². The lowest BCUT2D eigenvalue weighted by atomic mass is 9.91. The van der Waals surface area contributed by atoms with Gasteiger partial charge >= 0.3 is 0 Å². The number of carbonyl (C=O) groups is 2. The number of nitrogens with zero attached hydrogens (tertiary/aromatic N) is 3. The van der Waals surface area contributed by atoms with Gasteiger partial charge in [0.1, 0.15) is 11.5 Å². The van der Waals surface area contributed by atoms with Gasteiger partial charge in [-0.25, -0.2) is 0 Å². The first-order valence-electron chi connectivity index (χ1n) is 8.66. The van der Waals surface area contributed by atoms with Gasteiger partial charge in [-0.2, -0.15) is 5.10 Å². The smallest absolute Gasteiger partial charge is 0.273 e. The predicted octanol–water partition coefficient (Wildman–Crippen LogP) is 0.835. The SMILES string of the molecule is Cn1ccc(C(=O)NC2CCc3onc(C(=O)NCC4CC4)c3C2)n1. The molecule has 0 aliphatic heterocycles. The van der Waals surface area contributed by atoms with Crippen molar-refractivity contribution in [2.45, 2.75) is 38.1 Å². The maximum Gasteiger partial charge on any atom is 0.273 e. The Morgan fingerprint density at radius 3 is 2.88 bits per heavy atom. The third-order valence-electron chi connectivity index (χ3n) is 4.78. The lowest BCUT2D eigenvalue weighted by Crippen LogP contribution is -2.39. The molecule has 0 aromatic carbocycles. The minimum Gasteiger partial charge on any atom is -0.360 e. The van der Waals surface area contributed by atoms with Gasteiger partial charge in [0.2, 0.25) is 0 Å². The van der Waals surface area contributed by atoms with Gasteiger partial charge in [0.05, 0.1) is 0 Å². The van der Waals surface area contributed by atoms with Gasteiger partial charge in [-0.15, -0.1) is 0 Å². The number of amides is 2. The van der Waals surface area contributed by atoms with Crippen molar-refractivity contribution >= 4 is 11.8 Å².